The summed E-state index contributed by atoms with van der Waals surface area (Å²) in [7, 11) is 0. The van der Waals surface area contributed by atoms with E-state index in [2.05, 4.69) is 0 Å². The molecule has 0 unspecified atom stereocenters. The van der Waals surface area contributed by atoms with Gasteiger partial charge in [0.1, 0.15) is 0 Å². The molecule has 2 nitrogen and oxygen atoms in total. The largest absolute Gasteiger partial charge is 0.389 e. The lowest BCUT2D eigenvalue weighted by molar-refractivity contribution is -0.135. The second-order valence-corrected chi connectivity index (χ2v) is 6.09. The molecule has 18 heavy (non-hydrogen) atoms. The minimum Gasteiger partial charge on any atom is -0.324 e. The number of nitrogens with zero attached hydrogens (tertiary/aromatic N) is 1. The van der Waals surface area contributed by atoms with Crippen molar-refractivity contribution in [2.75, 3.05) is 0 Å². The molecule has 0 aliphatic rings. The van der Waals surface area contributed by atoms with Crippen LogP contribution in [0.3, 0.4) is 0 Å². The molecule has 0 aliphatic carbocycles. The molecular formula is C11H18BrF3N2S. The van der Waals surface area contributed by atoms with E-state index in [1.54, 1.807) is 10.8 Å². The molecule has 106 valence electrons. The van der Waals surface area contributed by atoms with Crippen molar-refractivity contribution in [3.8, 4) is 0 Å². The Morgan fingerprint density at radius 1 is 1.28 bits per heavy atom. The van der Waals surface area contributed by atoms with E-state index in [0.717, 1.165) is 4.88 Å². The van der Waals surface area contributed by atoms with E-state index in [0.29, 0.717) is 4.80 Å². The fraction of sp³-hybridized carbons (Fsp3) is 0.727. The number of aryl methyl sites for hydroxylation is 1. The molecule has 1 rings (SSSR count). The smallest absolute Gasteiger partial charge is 0.324 e. The first-order valence-corrected chi connectivity index (χ1v) is 6.23. The molecule has 1 aromatic heterocycles. The average molecular weight is 347 g/mol. The zero-order valence-corrected chi connectivity index (χ0v) is 13.1. The van der Waals surface area contributed by atoms with E-state index in [1.165, 1.54) is 11.3 Å². The Balaban J connectivity index is 0.00000289. The molecular weight excluding hydrogens is 329 g/mol. The van der Waals surface area contributed by atoms with Gasteiger partial charge in [0.25, 0.3) is 0 Å². The zero-order valence-electron chi connectivity index (χ0n) is 10.6. The van der Waals surface area contributed by atoms with Crippen LogP contribution in [0.1, 0.15) is 38.5 Å². The fourth-order valence-corrected chi connectivity index (χ4v) is 2.31. The highest BCUT2D eigenvalue weighted by Gasteiger charge is 2.26. The Morgan fingerprint density at radius 2 is 1.83 bits per heavy atom. The topological polar surface area (TPSA) is 28.8 Å². The molecule has 0 aromatic carbocycles. The summed E-state index contributed by atoms with van der Waals surface area (Å²) in [6.45, 7) is 6.33. The van der Waals surface area contributed by atoms with Crippen LogP contribution in [0.5, 0.6) is 0 Å². The maximum absolute atomic E-state index is 12.0. The monoisotopic (exact) mass is 346 g/mol. The van der Waals surface area contributed by atoms with E-state index in [-0.39, 0.29) is 35.4 Å². The van der Waals surface area contributed by atoms with Crippen molar-refractivity contribution in [2.45, 2.75) is 51.7 Å². The van der Waals surface area contributed by atoms with Crippen LogP contribution >= 0.6 is 28.3 Å². The van der Waals surface area contributed by atoms with Crippen LogP contribution in [-0.2, 0) is 12.0 Å². The third-order valence-corrected chi connectivity index (χ3v) is 3.70. The first-order valence-electron chi connectivity index (χ1n) is 5.42. The number of halogens is 4. The quantitative estimate of drug-likeness (QED) is 0.847. The van der Waals surface area contributed by atoms with Crippen molar-refractivity contribution in [3.63, 3.8) is 0 Å². The summed E-state index contributed by atoms with van der Waals surface area (Å²) in [5, 5.41) is 7.71. The van der Waals surface area contributed by atoms with Gasteiger partial charge in [0.05, 0.1) is 0 Å². The SMILES string of the molecule is Br.CC(C)(C)c1cn(CCCC(F)(F)F)c(=N)s1. The Bertz CT molecular complexity index is 429. The van der Waals surface area contributed by atoms with E-state index in [1.807, 2.05) is 20.8 Å². The lowest BCUT2D eigenvalue weighted by atomic mass is 9.95. The first-order chi connectivity index (χ1) is 7.59. The van der Waals surface area contributed by atoms with Gasteiger partial charge in [0.2, 0.25) is 0 Å². The number of rotatable bonds is 3. The third-order valence-electron chi connectivity index (χ3n) is 2.34. The van der Waals surface area contributed by atoms with E-state index in [9.17, 15) is 13.2 Å². The number of hydrogen-bond acceptors (Lipinski definition) is 2. The molecule has 0 saturated heterocycles. The van der Waals surface area contributed by atoms with Gasteiger partial charge in [-0.1, -0.05) is 20.8 Å². The Hall–Kier alpha value is -0.300. The van der Waals surface area contributed by atoms with Crippen LogP contribution in [0, 0.1) is 5.41 Å². The predicted molar refractivity (Wildman–Crippen MR) is 72.5 cm³/mol. The van der Waals surface area contributed by atoms with Gasteiger partial charge in [0.15, 0.2) is 4.80 Å². The van der Waals surface area contributed by atoms with Gasteiger partial charge < -0.3 is 4.57 Å². The average Bonchev–Trinajstić information content (AvgIpc) is 2.45. The normalized spacial score (nSPS) is 12.3. The maximum atomic E-state index is 12.0. The molecule has 7 heteroatoms. The van der Waals surface area contributed by atoms with E-state index >= 15 is 0 Å². The highest BCUT2D eigenvalue weighted by molar-refractivity contribution is 8.93. The summed E-state index contributed by atoms with van der Waals surface area (Å²) < 4.78 is 37.6. The lowest BCUT2D eigenvalue weighted by Crippen LogP contribution is -2.15. The zero-order chi connectivity index (χ0) is 13.3. The highest BCUT2D eigenvalue weighted by Crippen LogP contribution is 2.25. The number of nitrogens with one attached hydrogen (secondary N) is 1. The molecule has 0 aliphatic heterocycles. The molecule has 0 saturated carbocycles. The lowest BCUT2D eigenvalue weighted by Gasteiger charge is -2.14. The summed E-state index contributed by atoms with van der Waals surface area (Å²) in [6, 6.07) is 0. The maximum Gasteiger partial charge on any atom is 0.389 e. The number of thiazole rings is 1. The Kier molecular flexibility index (Phi) is 6.13. The van der Waals surface area contributed by atoms with E-state index in [4.69, 9.17) is 5.41 Å². The summed E-state index contributed by atoms with van der Waals surface area (Å²) in [6.07, 6.45) is -3.07. The van der Waals surface area contributed by atoms with Crippen molar-refractivity contribution in [1.82, 2.24) is 4.57 Å². The van der Waals surface area contributed by atoms with Gasteiger partial charge in [-0.2, -0.15) is 13.2 Å². The predicted octanol–water partition coefficient (Wildman–Crippen LogP) is 4.25. The first kappa shape index (κ1) is 17.7. The molecule has 0 bridgehead atoms. The minimum atomic E-state index is -4.11. The van der Waals surface area contributed by atoms with Gasteiger partial charge in [-0.3, -0.25) is 5.41 Å². The van der Waals surface area contributed by atoms with Crippen LogP contribution in [0.15, 0.2) is 6.20 Å². The van der Waals surface area contributed by atoms with Gasteiger partial charge >= 0.3 is 6.18 Å². The number of hydrogen-bond donors (Lipinski definition) is 1. The van der Waals surface area contributed by atoms with Gasteiger partial charge in [-0.05, 0) is 11.8 Å². The summed E-state index contributed by atoms with van der Waals surface area (Å²) in [5.74, 6) is 0. The molecule has 1 heterocycles. The van der Waals surface area contributed by atoms with Gasteiger partial charge in [-0.15, -0.1) is 28.3 Å². The Labute approximate surface area is 119 Å². The molecule has 0 amide bonds. The van der Waals surface area contributed by atoms with Crippen molar-refractivity contribution in [2.24, 2.45) is 0 Å². The second-order valence-electron chi connectivity index (χ2n) is 5.06. The van der Waals surface area contributed by atoms with Crippen LogP contribution in [0.2, 0.25) is 0 Å². The summed E-state index contributed by atoms with van der Waals surface area (Å²) in [4.78, 5) is 1.34. The fourth-order valence-electron chi connectivity index (χ4n) is 1.35. The molecule has 0 atom stereocenters. The summed E-state index contributed by atoms with van der Waals surface area (Å²) >= 11 is 1.33. The van der Waals surface area contributed by atoms with Gasteiger partial charge in [-0.25, -0.2) is 0 Å². The van der Waals surface area contributed by atoms with Crippen LogP contribution < -0.4 is 4.80 Å². The Morgan fingerprint density at radius 3 is 2.22 bits per heavy atom. The van der Waals surface area contributed by atoms with Gasteiger partial charge in [0, 0.05) is 24.0 Å². The van der Waals surface area contributed by atoms with Crippen molar-refractivity contribution in [3.05, 3.63) is 15.9 Å². The number of alkyl halides is 3. The molecule has 0 radical (unpaired) electrons. The second kappa shape index (κ2) is 6.23. The molecule has 1 N–H and O–H groups in total. The van der Waals surface area contributed by atoms with Crippen molar-refractivity contribution >= 4 is 28.3 Å². The van der Waals surface area contributed by atoms with Crippen LogP contribution in [0.25, 0.3) is 0 Å². The number of aromatic nitrogens is 1. The van der Waals surface area contributed by atoms with E-state index < -0.39 is 12.6 Å². The van der Waals surface area contributed by atoms with Crippen molar-refractivity contribution < 1.29 is 13.2 Å². The molecule has 0 spiro atoms. The van der Waals surface area contributed by atoms with Crippen LogP contribution in [0.4, 0.5) is 13.2 Å². The molecule has 0 fully saturated rings. The minimum absolute atomic E-state index is 0. The van der Waals surface area contributed by atoms with Crippen LogP contribution in [-0.4, -0.2) is 10.7 Å². The standard InChI is InChI=1S/C11H17F3N2S.BrH/c1-10(2,3)8-7-16(9(15)17-8)6-4-5-11(12,13)14;/h7,15H,4-6H2,1-3H3;1H. The summed E-state index contributed by atoms with van der Waals surface area (Å²) in [5.41, 5.74) is -0.0598. The molecule has 1 aromatic rings. The third kappa shape index (κ3) is 5.56. The highest BCUT2D eigenvalue weighted by atomic mass is 79.9. The van der Waals surface area contributed by atoms with Crippen molar-refractivity contribution in [1.29, 1.82) is 5.41 Å².